The minimum atomic E-state index is -2.82. The Bertz CT molecular complexity index is 1410. The van der Waals surface area contributed by atoms with Crippen LogP contribution in [0.4, 0.5) is 13.2 Å². The van der Waals surface area contributed by atoms with Crippen LogP contribution in [0.15, 0.2) is 66.0 Å². The number of aliphatic hydroxyl groups excluding tert-OH is 1. The summed E-state index contributed by atoms with van der Waals surface area (Å²) < 4.78 is 44.5. The first-order valence-corrected chi connectivity index (χ1v) is 11.2. The van der Waals surface area contributed by atoms with Gasteiger partial charge in [-0.3, -0.25) is 4.79 Å². The number of alkyl halides is 2. The van der Waals surface area contributed by atoms with Crippen molar-refractivity contribution in [2.75, 3.05) is 6.61 Å². The second kappa shape index (κ2) is 9.92. The maximum atomic E-state index is 14.0. The van der Waals surface area contributed by atoms with E-state index in [0.29, 0.717) is 11.1 Å². The van der Waals surface area contributed by atoms with Gasteiger partial charge in [0.05, 0.1) is 24.7 Å². The highest BCUT2D eigenvalue weighted by molar-refractivity contribution is 5.44. The lowest BCUT2D eigenvalue weighted by Gasteiger charge is -2.21. The summed E-state index contributed by atoms with van der Waals surface area (Å²) in [6.45, 7) is 4.96. The summed E-state index contributed by atoms with van der Waals surface area (Å²) in [5.74, 6) is -0.527. The standard InChI is InChI=1S/C27H26F3N3O2/c1-16-6-20(11-23(28)7-16)25(14-34)33-13-22(26(29)30)10-21(27(33)35)9-19-4-5-24(17(2)8-19)32-12-18(3)31-15-32/h4-8,10-13,15,25-26,34H,9,14H2,1-3H3/t25-/m0/s1. The molecule has 4 aromatic rings. The molecule has 35 heavy (non-hydrogen) atoms. The van der Waals surface area contributed by atoms with Crippen LogP contribution in [0.25, 0.3) is 5.69 Å². The predicted octanol–water partition coefficient (Wildman–Crippen LogP) is 5.21. The van der Waals surface area contributed by atoms with Gasteiger partial charge in [-0.05, 0) is 67.3 Å². The molecule has 0 unspecified atom stereocenters. The molecule has 0 bridgehead atoms. The molecular formula is C27H26F3N3O2. The lowest BCUT2D eigenvalue weighted by Crippen LogP contribution is -2.30. The van der Waals surface area contributed by atoms with E-state index in [0.717, 1.165) is 33.3 Å². The van der Waals surface area contributed by atoms with Gasteiger partial charge in [-0.1, -0.05) is 18.2 Å². The number of pyridine rings is 1. The Morgan fingerprint density at radius 2 is 1.77 bits per heavy atom. The van der Waals surface area contributed by atoms with Crippen molar-refractivity contribution in [1.82, 2.24) is 14.1 Å². The van der Waals surface area contributed by atoms with Gasteiger partial charge in [-0.15, -0.1) is 0 Å². The van der Waals surface area contributed by atoms with Gasteiger partial charge in [0.2, 0.25) is 0 Å². The van der Waals surface area contributed by atoms with E-state index in [9.17, 15) is 23.1 Å². The average Bonchev–Trinajstić information content (AvgIpc) is 3.21. The van der Waals surface area contributed by atoms with E-state index >= 15 is 0 Å². The number of imidazole rings is 1. The smallest absolute Gasteiger partial charge is 0.265 e. The maximum Gasteiger partial charge on any atom is 0.265 e. The van der Waals surface area contributed by atoms with Gasteiger partial charge < -0.3 is 14.2 Å². The van der Waals surface area contributed by atoms with Gasteiger partial charge in [0.15, 0.2) is 0 Å². The summed E-state index contributed by atoms with van der Waals surface area (Å²) in [6.07, 6.45) is 1.97. The minimum absolute atomic E-state index is 0.129. The van der Waals surface area contributed by atoms with E-state index in [1.54, 1.807) is 19.3 Å². The Balaban J connectivity index is 1.76. The van der Waals surface area contributed by atoms with Crippen molar-refractivity contribution in [2.24, 2.45) is 0 Å². The maximum absolute atomic E-state index is 14.0. The Hall–Kier alpha value is -3.65. The van der Waals surface area contributed by atoms with E-state index in [1.807, 2.05) is 42.8 Å². The van der Waals surface area contributed by atoms with Crippen molar-refractivity contribution < 1.29 is 18.3 Å². The lowest BCUT2D eigenvalue weighted by atomic mass is 10.0. The monoisotopic (exact) mass is 481 g/mol. The van der Waals surface area contributed by atoms with Crippen molar-refractivity contribution in [3.05, 3.63) is 116 Å². The molecule has 2 heterocycles. The molecule has 1 atom stereocenters. The number of halogens is 3. The van der Waals surface area contributed by atoms with Crippen LogP contribution in [0, 0.1) is 26.6 Å². The second-order valence-electron chi connectivity index (χ2n) is 8.79. The van der Waals surface area contributed by atoms with Crippen LogP contribution < -0.4 is 5.56 Å². The van der Waals surface area contributed by atoms with Gasteiger partial charge in [0, 0.05) is 35.6 Å². The highest BCUT2D eigenvalue weighted by Gasteiger charge is 2.21. The number of benzene rings is 2. The molecule has 8 heteroatoms. The molecule has 0 aliphatic rings. The first kappa shape index (κ1) is 24.5. The molecular weight excluding hydrogens is 455 g/mol. The molecule has 0 saturated carbocycles. The average molecular weight is 482 g/mol. The zero-order valence-electron chi connectivity index (χ0n) is 19.7. The normalized spacial score (nSPS) is 12.3. The molecule has 0 amide bonds. The molecule has 0 saturated heterocycles. The first-order valence-electron chi connectivity index (χ1n) is 11.2. The minimum Gasteiger partial charge on any atom is -0.394 e. The zero-order chi connectivity index (χ0) is 25.3. The van der Waals surface area contributed by atoms with Gasteiger partial charge in [0.25, 0.3) is 12.0 Å². The molecule has 0 fully saturated rings. The molecule has 5 nitrogen and oxygen atoms in total. The summed E-state index contributed by atoms with van der Waals surface area (Å²) in [7, 11) is 0. The fraction of sp³-hybridized carbons (Fsp3) is 0.259. The van der Waals surface area contributed by atoms with Crippen LogP contribution in [0.2, 0.25) is 0 Å². The summed E-state index contributed by atoms with van der Waals surface area (Å²) in [4.78, 5) is 17.6. The van der Waals surface area contributed by atoms with Crippen LogP contribution >= 0.6 is 0 Å². The molecule has 0 aliphatic carbocycles. The Morgan fingerprint density at radius 1 is 1.00 bits per heavy atom. The fourth-order valence-electron chi connectivity index (χ4n) is 4.36. The third kappa shape index (κ3) is 5.22. The van der Waals surface area contributed by atoms with Gasteiger partial charge in [-0.2, -0.15) is 0 Å². The molecule has 0 spiro atoms. The Labute approximate surface area is 201 Å². The summed E-state index contributed by atoms with van der Waals surface area (Å²) in [5, 5.41) is 10.0. The largest absolute Gasteiger partial charge is 0.394 e. The van der Waals surface area contributed by atoms with Crippen LogP contribution in [-0.4, -0.2) is 25.8 Å². The fourth-order valence-corrected chi connectivity index (χ4v) is 4.36. The van der Waals surface area contributed by atoms with Crippen LogP contribution in [0.3, 0.4) is 0 Å². The number of rotatable bonds is 7. The van der Waals surface area contributed by atoms with Gasteiger partial charge >= 0.3 is 0 Å². The summed E-state index contributed by atoms with van der Waals surface area (Å²) in [5.41, 5.74) is 3.77. The van der Waals surface area contributed by atoms with Crippen molar-refractivity contribution >= 4 is 0 Å². The third-order valence-electron chi connectivity index (χ3n) is 5.99. The van der Waals surface area contributed by atoms with E-state index < -0.39 is 30.5 Å². The zero-order valence-corrected chi connectivity index (χ0v) is 19.7. The van der Waals surface area contributed by atoms with E-state index in [4.69, 9.17) is 0 Å². The highest BCUT2D eigenvalue weighted by atomic mass is 19.3. The molecule has 1 N–H and O–H groups in total. The molecule has 2 aromatic carbocycles. The summed E-state index contributed by atoms with van der Waals surface area (Å²) in [6, 6.07) is 10.0. The van der Waals surface area contributed by atoms with Crippen LogP contribution in [-0.2, 0) is 6.42 Å². The van der Waals surface area contributed by atoms with Crippen molar-refractivity contribution in [3.63, 3.8) is 0 Å². The molecule has 2 aromatic heterocycles. The van der Waals surface area contributed by atoms with E-state index in [1.165, 1.54) is 18.2 Å². The Kier molecular flexibility index (Phi) is 6.93. The molecule has 4 rings (SSSR count). The Morgan fingerprint density at radius 3 is 2.37 bits per heavy atom. The van der Waals surface area contributed by atoms with Crippen molar-refractivity contribution in [2.45, 2.75) is 39.7 Å². The third-order valence-corrected chi connectivity index (χ3v) is 5.99. The van der Waals surface area contributed by atoms with Crippen molar-refractivity contribution in [1.29, 1.82) is 0 Å². The molecule has 0 radical (unpaired) electrons. The van der Waals surface area contributed by atoms with Crippen molar-refractivity contribution in [3.8, 4) is 5.69 Å². The molecule has 182 valence electrons. The quantitative estimate of drug-likeness (QED) is 0.394. The topological polar surface area (TPSA) is 60.1 Å². The number of nitrogens with zero attached hydrogens (tertiary/aromatic N) is 3. The number of aryl methyl sites for hydroxylation is 3. The SMILES string of the molecule is Cc1cc(F)cc([C@H](CO)n2cc(C(F)F)cc(Cc3ccc(-n4cnc(C)c4)c(C)c3)c2=O)c1. The van der Waals surface area contributed by atoms with E-state index in [-0.39, 0.29) is 17.5 Å². The van der Waals surface area contributed by atoms with Gasteiger partial charge in [-0.25, -0.2) is 18.2 Å². The number of hydrogen-bond acceptors (Lipinski definition) is 3. The van der Waals surface area contributed by atoms with Crippen LogP contribution in [0.5, 0.6) is 0 Å². The number of aliphatic hydroxyl groups is 1. The van der Waals surface area contributed by atoms with Gasteiger partial charge in [0.1, 0.15) is 5.82 Å². The summed E-state index contributed by atoms with van der Waals surface area (Å²) >= 11 is 0. The second-order valence-corrected chi connectivity index (χ2v) is 8.79. The highest BCUT2D eigenvalue weighted by Crippen LogP contribution is 2.25. The number of aromatic nitrogens is 3. The van der Waals surface area contributed by atoms with E-state index in [2.05, 4.69) is 4.98 Å². The molecule has 0 aliphatic heterocycles. The number of hydrogen-bond donors (Lipinski definition) is 1. The predicted molar refractivity (Wildman–Crippen MR) is 128 cm³/mol. The van der Waals surface area contributed by atoms with Crippen LogP contribution in [0.1, 0.15) is 51.5 Å². The lowest BCUT2D eigenvalue weighted by molar-refractivity contribution is 0.149. The first-order chi connectivity index (χ1) is 16.7.